The lowest BCUT2D eigenvalue weighted by molar-refractivity contribution is 0.0955. The molecule has 0 spiro atoms. The Morgan fingerprint density at radius 1 is 1.26 bits per heavy atom. The number of phenolic OH excluding ortho intramolecular Hbond substituents is 1. The second-order valence-corrected chi connectivity index (χ2v) is 6.75. The molecule has 0 unspecified atom stereocenters. The molecule has 6 nitrogen and oxygen atoms in total. The molecule has 27 heavy (non-hydrogen) atoms. The molecule has 2 N–H and O–H groups in total. The Balaban J connectivity index is 1.77. The van der Waals surface area contributed by atoms with Crippen molar-refractivity contribution in [2.24, 2.45) is 5.10 Å². The van der Waals surface area contributed by atoms with E-state index in [0.29, 0.717) is 27.1 Å². The molecule has 1 amide bonds. The SMILES string of the molecule is CCOc1cc(C=NNC(=O)c2ccccc2-n2cccc2)cc(I)c1O. The molecule has 2 aromatic carbocycles. The van der Waals surface area contributed by atoms with E-state index in [-0.39, 0.29) is 11.7 Å². The van der Waals surface area contributed by atoms with E-state index in [1.807, 2.05) is 76.8 Å². The summed E-state index contributed by atoms with van der Waals surface area (Å²) >= 11 is 2.02. The lowest BCUT2D eigenvalue weighted by Crippen LogP contribution is -2.19. The molecule has 0 aliphatic heterocycles. The van der Waals surface area contributed by atoms with E-state index in [0.717, 1.165) is 5.69 Å². The number of para-hydroxylation sites is 1. The summed E-state index contributed by atoms with van der Waals surface area (Å²) in [6.45, 7) is 2.28. The van der Waals surface area contributed by atoms with Crippen molar-refractivity contribution in [3.63, 3.8) is 0 Å². The van der Waals surface area contributed by atoms with Crippen molar-refractivity contribution < 1.29 is 14.6 Å². The third kappa shape index (κ3) is 4.48. The summed E-state index contributed by atoms with van der Waals surface area (Å²) in [6, 6.07) is 14.5. The summed E-state index contributed by atoms with van der Waals surface area (Å²) in [5, 5.41) is 14.0. The smallest absolute Gasteiger partial charge is 0.273 e. The Kier molecular flexibility index (Phi) is 6.12. The van der Waals surface area contributed by atoms with Gasteiger partial charge in [0.05, 0.1) is 27.6 Å². The maximum Gasteiger partial charge on any atom is 0.273 e. The van der Waals surface area contributed by atoms with Gasteiger partial charge in [-0.25, -0.2) is 5.43 Å². The van der Waals surface area contributed by atoms with E-state index in [1.54, 1.807) is 18.2 Å². The highest BCUT2D eigenvalue weighted by Crippen LogP contribution is 2.32. The molecule has 0 bridgehead atoms. The predicted molar refractivity (Wildman–Crippen MR) is 113 cm³/mol. The predicted octanol–water partition coefficient (Wildman–Crippen LogP) is 3.95. The van der Waals surface area contributed by atoms with Crippen molar-refractivity contribution in [1.29, 1.82) is 0 Å². The number of rotatable bonds is 6. The first-order valence-electron chi connectivity index (χ1n) is 8.31. The normalized spacial score (nSPS) is 10.9. The molecule has 3 rings (SSSR count). The van der Waals surface area contributed by atoms with Gasteiger partial charge in [-0.2, -0.15) is 5.10 Å². The van der Waals surface area contributed by atoms with Gasteiger partial charge in [0.1, 0.15) is 0 Å². The molecule has 0 atom stereocenters. The molecule has 7 heteroatoms. The largest absolute Gasteiger partial charge is 0.504 e. The van der Waals surface area contributed by atoms with Crippen LogP contribution in [0.5, 0.6) is 11.5 Å². The number of carbonyl (C=O) groups is 1. The maximum atomic E-state index is 12.5. The fraction of sp³-hybridized carbons (Fsp3) is 0.100. The van der Waals surface area contributed by atoms with Crippen LogP contribution in [0, 0.1) is 3.57 Å². The molecule has 0 radical (unpaired) electrons. The zero-order valence-corrected chi connectivity index (χ0v) is 16.8. The van der Waals surface area contributed by atoms with Crippen LogP contribution in [-0.4, -0.2) is 28.4 Å². The lowest BCUT2D eigenvalue weighted by atomic mass is 10.1. The monoisotopic (exact) mass is 475 g/mol. The van der Waals surface area contributed by atoms with E-state index >= 15 is 0 Å². The average molecular weight is 475 g/mol. The first kappa shape index (κ1) is 19.0. The number of hydrogen-bond acceptors (Lipinski definition) is 4. The second kappa shape index (κ2) is 8.72. The third-order valence-electron chi connectivity index (χ3n) is 3.76. The quantitative estimate of drug-likeness (QED) is 0.322. The van der Waals surface area contributed by atoms with Gasteiger partial charge in [-0.3, -0.25) is 4.79 Å². The van der Waals surface area contributed by atoms with Gasteiger partial charge in [0.2, 0.25) is 0 Å². The zero-order chi connectivity index (χ0) is 19.2. The summed E-state index contributed by atoms with van der Waals surface area (Å²) in [6.07, 6.45) is 5.27. The number of halogens is 1. The summed E-state index contributed by atoms with van der Waals surface area (Å²) < 4.78 is 7.92. The minimum Gasteiger partial charge on any atom is -0.504 e. The average Bonchev–Trinajstić information content (AvgIpc) is 3.20. The molecular weight excluding hydrogens is 457 g/mol. The molecule has 0 aliphatic carbocycles. The number of hydrogen-bond donors (Lipinski definition) is 2. The van der Waals surface area contributed by atoms with Gasteiger partial charge in [0, 0.05) is 12.4 Å². The number of aromatic hydroxyl groups is 1. The van der Waals surface area contributed by atoms with Crippen molar-refractivity contribution in [3.05, 3.63) is 75.6 Å². The van der Waals surface area contributed by atoms with Gasteiger partial charge >= 0.3 is 0 Å². The summed E-state index contributed by atoms with van der Waals surface area (Å²) in [4.78, 5) is 12.5. The molecule has 1 aromatic heterocycles. The molecule has 0 aliphatic rings. The van der Waals surface area contributed by atoms with Crippen molar-refractivity contribution in [1.82, 2.24) is 9.99 Å². The second-order valence-electron chi connectivity index (χ2n) is 5.59. The first-order chi connectivity index (χ1) is 13.1. The van der Waals surface area contributed by atoms with E-state index < -0.39 is 0 Å². The van der Waals surface area contributed by atoms with Crippen LogP contribution in [0.3, 0.4) is 0 Å². The van der Waals surface area contributed by atoms with Crippen molar-refractivity contribution in [3.8, 4) is 17.2 Å². The number of carbonyl (C=O) groups excluding carboxylic acids is 1. The molecule has 0 saturated heterocycles. The molecule has 0 saturated carbocycles. The fourth-order valence-corrected chi connectivity index (χ4v) is 3.17. The van der Waals surface area contributed by atoms with E-state index in [1.165, 1.54) is 6.21 Å². The van der Waals surface area contributed by atoms with E-state index in [9.17, 15) is 9.90 Å². The summed E-state index contributed by atoms with van der Waals surface area (Å²) in [7, 11) is 0. The van der Waals surface area contributed by atoms with E-state index in [2.05, 4.69) is 10.5 Å². The van der Waals surface area contributed by atoms with E-state index in [4.69, 9.17) is 4.74 Å². The number of amides is 1. The topological polar surface area (TPSA) is 75.8 Å². The zero-order valence-electron chi connectivity index (χ0n) is 14.6. The Hall–Kier alpha value is -2.81. The first-order valence-corrected chi connectivity index (χ1v) is 9.39. The van der Waals surface area contributed by atoms with Gasteiger partial charge in [0.15, 0.2) is 11.5 Å². The highest BCUT2D eigenvalue weighted by atomic mass is 127. The lowest BCUT2D eigenvalue weighted by Gasteiger charge is -2.09. The van der Waals surface area contributed by atoms with Crippen LogP contribution in [0.25, 0.3) is 5.69 Å². The number of hydrazone groups is 1. The number of benzene rings is 2. The fourth-order valence-electron chi connectivity index (χ4n) is 2.55. The van der Waals surface area contributed by atoms with Crippen LogP contribution < -0.4 is 10.2 Å². The van der Waals surface area contributed by atoms with Crippen LogP contribution >= 0.6 is 22.6 Å². The highest BCUT2D eigenvalue weighted by Gasteiger charge is 2.11. The van der Waals surface area contributed by atoms with Gasteiger partial charge in [-0.05, 0) is 71.5 Å². The molecule has 138 valence electrons. The van der Waals surface area contributed by atoms with Crippen molar-refractivity contribution in [2.75, 3.05) is 6.61 Å². The van der Waals surface area contributed by atoms with Gasteiger partial charge in [-0.15, -0.1) is 0 Å². The number of aromatic nitrogens is 1. The number of nitrogens with zero attached hydrogens (tertiary/aromatic N) is 2. The Bertz CT molecular complexity index is 969. The third-order valence-corrected chi connectivity index (χ3v) is 4.58. The maximum absolute atomic E-state index is 12.5. The molecule has 1 heterocycles. The van der Waals surface area contributed by atoms with Crippen molar-refractivity contribution >= 4 is 34.7 Å². The standard InChI is InChI=1S/C20H18IN3O3/c1-2-27-18-12-14(11-16(21)19(18)25)13-22-23-20(26)15-7-3-4-8-17(15)24-9-5-6-10-24/h3-13,25H,2H2,1H3,(H,23,26). The van der Waals surface area contributed by atoms with Gasteiger partial charge < -0.3 is 14.4 Å². The number of phenols is 1. The minimum absolute atomic E-state index is 0.0966. The summed E-state index contributed by atoms with van der Waals surface area (Å²) in [5.41, 5.74) is 4.54. The van der Waals surface area contributed by atoms with Crippen LogP contribution in [-0.2, 0) is 0 Å². The Morgan fingerprint density at radius 2 is 2.00 bits per heavy atom. The highest BCUT2D eigenvalue weighted by molar-refractivity contribution is 14.1. The number of ether oxygens (including phenoxy) is 1. The molecule has 0 fully saturated rings. The van der Waals surface area contributed by atoms with Crippen LogP contribution in [0.1, 0.15) is 22.8 Å². The van der Waals surface area contributed by atoms with Crippen LogP contribution in [0.4, 0.5) is 0 Å². The van der Waals surface area contributed by atoms with Crippen LogP contribution in [0.15, 0.2) is 66.0 Å². The molecular formula is C20H18IN3O3. The van der Waals surface area contributed by atoms with Crippen molar-refractivity contribution in [2.45, 2.75) is 6.92 Å². The van der Waals surface area contributed by atoms with Crippen LogP contribution in [0.2, 0.25) is 0 Å². The summed E-state index contributed by atoms with van der Waals surface area (Å²) in [5.74, 6) is 0.170. The molecule has 3 aromatic rings. The minimum atomic E-state index is -0.311. The Labute approximate surface area is 170 Å². The Morgan fingerprint density at radius 3 is 2.74 bits per heavy atom. The van der Waals surface area contributed by atoms with Gasteiger partial charge in [-0.1, -0.05) is 12.1 Å². The van der Waals surface area contributed by atoms with Gasteiger partial charge in [0.25, 0.3) is 5.91 Å². The number of nitrogens with one attached hydrogen (secondary N) is 1.